The minimum Gasteiger partial charge on any atom is -0.396 e. The third-order valence-corrected chi connectivity index (χ3v) is 3.47. The molecule has 0 spiro atoms. The Balaban J connectivity index is 2.93. The molecule has 0 saturated carbocycles. The van der Waals surface area contributed by atoms with Crippen molar-refractivity contribution in [1.82, 2.24) is 4.98 Å². The lowest BCUT2D eigenvalue weighted by Gasteiger charge is -2.32. The molecule has 0 aliphatic rings. The van der Waals surface area contributed by atoms with E-state index in [9.17, 15) is 0 Å². The maximum Gasteiger partial charge on any atom is 0.149 e. The first kappa shape index (κ1) is 12.8. The molecule has 0 aliphatic carbocycles. The van der Waals surface area contributed by atoms with Gasteiger partial charge in [-0.25, -0.2) is 4.98 Å². The van der Waals surface area contributed by atoms with Crippen LogP contribution < -0.4 is 11.1 Å². The van der Waals surface area contributed by atoms with Gasteiger partial charge >= 0.3 is 0 Å². The molecule has 0 unspecified atom stereocenters. The molecule has 3 N–H and O–H groups in total. The van der Waals surface area contributed by atoms with Crippen molar-refractivity contribution in [2.45, 2.75) is 52.5 Å². The van der Waals surface area contributed by atoms with Gasteiger partial charge in [-0.15, -0.1) is 0 Å². The highest BCUT2D eigenvalue weighted by Crippen LogP contribution is 2.27. The third-order valence-electron chi connectivity index (χ3n) is 3.47. The minimum absolute atomic E-state index is 0.121. The van der Waals surface area contributed by atoms with E-state index in [0.717, 1.165) is 36.3 Å². The maximum atomic E-state index is 5.97. The maximum absolute atomic E-state index is 5.97. The van der Waals surface area contributed by atoms with Crippen LogP contribution in [-0.4, -0.2) is 10.5 Å². The largest absolute Gasteiger partial charge is 0.396 e. The van der Waals surface area contributed by atoms with Gasteiger partial charge in [-0.05, 0) is 37.8 Å². The Morgan fingerprint density at radius 2 is 1.81 bits per heavy atom. The van der Waals surface area contributed by atoms with E-state index in [2.05, 4.69) is 31.1 Å². The summed E-state index contributed by atoms with van der Waals surface area (Å²) >= 11 is 0. The standard InChI is InChI=1S/C13H23N3/c1-5-13(6-2,7-3)16-12-11(14)8-10(4)9-15-12/h8-9H,5-7,14H2,1-4H3,(H,15,16). The van der Waals surface area contributed by atoms with Crippen LogP contribution in [0.1, 0.15) is 45.6 Å². The van der Waals surface area contributed by atoms with Gasteiger partial charge in [0.05, 0.1) is 5.69 Å². The monoisotopic (exact) mass is 221 g/mol. The quantitative estimate of drug-likeness (QED) is 0.801. The highest BCUT2D eigenvalue weighted by molar-refractivity contribution is 5.62. The summed E-state index contributed by atoms with van der Waals surface area (Å²) < 4.78 is 0. The molecule has 0 bridgehead atoms. The van der Waals surface area contributed by atoms with E-state index >= 15 is 0 Å². The first-order valence-corrected chi connectivity index (χ1v) is 6.07. The summed E-state index contributed by atoms with van der Waals surface area (Å²) in [6.45, 7) is 8.60. The average molecular weight is 221 g/mol. The van der Waals surface area contributed by atoms with Crippen LogP contribution in [0.15, 0.2) is 12.3 Å². The van der Waals surface area contributed by atoms with E-state index in [-0.39, 0.29) is 5.54 Å². The average Bonchev–Trinajstić information content (AvgIpc) is 2.29. The molecule has 90 valence electrons. The van der Waals surface area contributed by atoms with Gasteiger partial charge in [0.15, 0.2) is 0 Å². The predicted octanol–water partition coefficient (Wildman–Crippen LogP) is 3.35. The molecule has 0 aliphatic heterocycles. The molecule has 0 radical (unpaired) electrons. The van der Waals surface area contributed by atoms with Crippen molar-refractivity contribution in [2.75, 3.05) is 11.1 Å². The third kappa shape index (κ3) is 2.65. The fourth-order valence-corrected chi connectivity index (χ4v) is 1.96. The number of rotatable bonds is 5. The highest BCUT2D eigenvalue weighted by Gasteiger charge is 2.24. The van der Waals surface area contributed by atoms with E-state index in [4.69, 9.17) is 5.73 Å². The Kier molecular flexibility index (Phi) is 4.16. The van der Waals surface area contributed by atoms with Crippen LogP contribution >= 0.6 is 0 Å². The van der Waals surface area contributed by atoms with Gasteiger partial charge in [-0.3, -0.25) is 0 Å². The van der Waals surface area contributed by atoms with Crippen LogP contribution in [0.5, 0.6) is 0 Å². The van der Waals surface area contributed by atoms with Crippen LogP contribution in [0.4, 0.5) is 11.5 Å². The van der Waals surface area contributed by atoms with Crippen molar-refractivity contribution < 1.29 is 0 Å². The van der Waals surface area contributed by atoms with Gasteiger partial charge in [0.2, 0.25) is 0 Å². The number of nitrogens with one attached hydrogen (secondary N) is 1. The van der Waals surface area contributed by atoms with Gasteiger partial charge in [-0.1, -0.05) is 20.8 Å². The molecule has 0 fully saturated rings. The molecule has 0 atom stereocenters. The molecule has 1 aromatic heterocycles. The van der Waals surface area contributed by atoms with Crippen molar-refractivity contribution in [3.63, 3.8) is 0 Å². The summed E-state index contributed by atoms with van der Waals surface area (Å²) in [6, 6.07) is 1.96. The Morgan fingerprint density at radius 3 is 2.25 bits per heavy atom. The smallest absolute Gasteiger partial charge is 0.149 e. The second kappa shape index (κ2) is 5.19. The summed E-state index contributed by atoms with van der Waals surface area (Å²) in [5.74, 6) is 0.816. The Morgan fingerprint density at radius 1 is 1.25 bits per heavy atom. The second-order valence-corrected chi connectivity index (χ2v) is 4.42. The number of nitrogens with zero attached hydrogens (tertiary/aromatic N) is 1. The van der Waals surface area contributed by atoms with Gasteiger partial charge in [0, 0.05) is 11.7 Å². The first-order valence-electron chi connectivity index (χ1n) is 6.07. The molecular formula is C13H23N3. The highest BCUT2D eigenvalue weighted by atomic mass is 15.1. The lowest BCUT2D eigenvalue weighted by molar-refractivity contribution is 0.419. The van der Waals surface area contributed by atoms with Crippen LogP contribution in [-0.2, 0) is 0 Å². The summed E-state index contributed by atoms with van der Waals surface area (Å²) in [7, 11) is 0. The summed E-state index contributed by atoms with van der Waals surface area (Å²) in [5, 5.41) is 3.50. The first-order chi connectivity index (χ1) is 7.56. The normalized spacial score (nSPS) is 11.5. The van der Waals surface area contributed by atoms with Crippen molar-refractivity contribution in [1.29, 1.82) is 0 Å². The second-order valence-electron chi connectivity index (χ2n) is 4.42. The van der Waals surface area contributed by atoms with Crippen molar-refractivity contribution in [3.05, 3.63) is 17.8 Å². The van der Waals surface area contributed by atoms with E-state index in [0.29, 0.717) is 0 Å². The van der Waals surface area contributed by atoms with Gasteiger partial charge in [-0.2, -0.15) is 0 Å². The van der Waals surface area contributed by atoms with Gasteiger partial charge in [0.1, 0.15) is 5.82 Å². The van der Waals surface area contributed by atoms with E-state index in [1.807, 2.05) is 19.2 Å². The molecule has 0 amide bonds. The van der Waals surface area contributed by atoms with Crippen molar-refractivity contribution >= 4 is 11.5 Å². The van der Waals surface area contributed by atoms with Crippen molar-refractivity contribution in [2.24, 2.45) is 0 Å². The number of anilines is 2. The van der Waals surface area contributed by atoms with E-state index < -0.39 is 0 Å². The number of aryl methyl sites for hydroxylation is 1. The van der Waals surface area contributed by atoms with Crippen LogP contribution in [0.25, 0.3) is 0 Å². The van der Waals surface area contributed by atoms with Crippen LogP contribution in [0, 0.1) is 6.92 Å². The Labute approximate surface area is 98.5 Å². The minimum atomic E-state index is 0.121. The van der Waals surface area contributed by atoms with Crippen LogP contribution in [0.3, 0.4) is 0 Å². The summed E-state index contributed by atoms with van der Waals surface area (Å²) in [5.41, 5.74) is 7.92. The lowest BCUT2D eigenvalue weighted by Crippen LogP contribution is -2.36. The van der Waals surface area contributed by atoms with E-state index in [1.54, 1.807) is 0 Å². The zero-order valence-electron chi connectivity index (χ0n) is 10.8. The molecule has 1 aromatic rings. The Hall–Kier alpha value is -1.25. The molecule has 0 aromatic carbocycles. The number of pyridine rings is 1. The molecular weight excluding hydrogens is 198 g/mol. The Bertz CT molecular complexity index is 335. The molecule has 16 heavy (non-hydrogen) atoms. The number of nitrogen functional groups attached to an aromatic ring is 1. The van der Waals surface area contributed by atoms with E-state index in [1.165, 1.54) is 0 Å². The topological polar surface area (TPSA) is 50.9 Å². The fourth-order valence-electron chi connectivity index (χ4n) is 1.96. The molecule has 1 rings (SSSR count). The van der Waals surface area contributed by atoms with Crippen molar-refractivity contribution in [3.8, 4) is 0 Å². The summed E-state index contributed by atoms with van der Waals surface area (Å²) in [4.78, 5) is 4.37. The number of hydrogen-bond acceptors (Lipinski definition) is 3. The fraction of sp³-hybridized carbons (Fsp3) is 0.615. The SMILES string of the molecule is CCC(CC)(CC)Nc1ncc(C)cc1N. The predicted molar refractivity (Wildman–Crippen MR) is 70.6 cm³/mol. The number of nitrogens with two attached hydrogens (primary N) is 1. The van der Waals surface area contributed by atoms with Gasteiger partial charge < -0.3 is 11.1 Å². The molecule has 1 heterocycles. The number of hydrogen-bond donors (Lipinski definition) is 2. The number of aromatic nitrogens is 1. The molecule has 3 heteroatoms. The van der Waals surface area contributed by atoms with Crippen LogP contribution in [0.2, 0.25) is 0 Å². The zero-order chi connectivity index (χ0) is 12.2. The summed E-state index contributed by atoms with van der Waals surface area (Å²) in [6.07, 6.45) is 5.09. The molecule has 3 nitrogen and oxygen atoms in total. The zero-order valence-corrected chi connectivity index (χ0v) is 10.8. The molecule has 0 saturated heterocycles. The lowest BCUT2D eigenvalue weighted by atomic mass is 9.90. The van der Waals surface area contributed by atoms with Gasteiger partial charge in [0.25, 0.3) is 0 Å².